The fourth-order valence-corrected chi connectivity index (χ4v) is 5.93. The van der Waals surface area contributed by atoms with Crippen molar-refractivity contribution in [3.8, 4) is 11.5 Å². The summed E-state index contributed by atoms with van der Waals surface area (Å²) in [5, 5.41) is 1.22. The number of aliphatic imine (C=N–C) groups is 1. The summed E-state index contributed by atoms with van der Waals surface area (Å²) in [6.07, 6.45) is 1.17. The highest BCUT2D eigenvalue weighted by atomic mass is 28.4. The van der Waals surface area contributed by atoms with E-state index < -0.39 is 13.9 Å². The minimum atomic E-state index is -1.93. The summed E-state index contributed by atoms with van der Waals surface area (Å²) < 4.78 is 25.6. The minimum Gasteiger partial charge on any atom is -0.497 e. The van der Waals surface area contributed by atoms with Crippen molar-refractivity contribution in [2.24, 2.45) is 12.0 Å². The fourth-order valence-electron chi connectivity index (χ4n) is 4.99. The van der Waals surface area contributed by atoms with Crippen LogP contribution >= 0.6 is 0 Å². The van der Waals surface area contributed by atoms with Gasteiger partial charge in [-0.25, -0.2) is 4.79 Å². The number of fused-ring (bicyclic) bond motifs is 2. The molecule has 0 N–H and O–H groups in total. The SMILES string of the molecule is COc1ccc(C/N=C2/CCCN(C(=O)OC(C)(C)C)c3cc4c(cc32)cc(CO[Si](C)(C)C(C)(C)C)n4C)c(OC)c1. The number of ether oxygens (including phenoxy) is 3. The lowest BCUT2D eigenvalue weighted by Crippen LogP contribution is -2.40. The maximum absolute atomic E-state index is 13.5. The molecule has 3 aromatic rings. The van der Waals surface area contributed by atoms with Gasteiger partial charge in [0.25, 0.3) is 0 Å². The molecule has 0 spiro atoms. The highest BCUT2D eigenvalue weighted by Crippen LogP contribution is 2.38. The molecule has 0 bridgehead atoms. The number of benzene rings is 2. The summed E-state index contributed by atoms with van der Waals surface area (Å²) in [5.41, 5.74) is 5.24. The average molecular weight is 608 g/mol. The van der Waals surface area contributed by atoms with Gasteiger partial charge in [-0.1, -0.05) is 20.8 Å². The van der Waals surface area contributed by atoms with Crippen molar-refractivity contribution in [2.75, 3.05) is 25.7 Å². The van der Waals surface area contributed by atoms with E-state index in [-0.39, 0.29) is 11.1 Å². The summed E-state index contributed by atoms with van der Waals surface area (Å²) in [5.74, 6) is 1.47. The van der Waals surface area contributed by atoms with Crippen LogP contribution in [0.1, 0.15) is 71.2 Å². The maximum Gasteiger partial charge on any atom is 0.414 e. The molecule has 2 heterocycles. The van der Waals surface area contributed by atoms with Crippen LogP contribution in [0, 0.1) is 0 Å². The van der Waals surface area contributed by atoms with Crippen molar-refractivity contribution < 1.29 is 23.4 Å². The average Bonchev–Trinajstić information content (AvgIpc) is 3.11. The molecule has 4 rings (SSSR count). The zero-order chi connectivity index (χ0) is 31.7. The highest BCUT2D eigenvalue weighted by molar-refractivity contribution is 6.74. The van der Waals surface area contributed by atoms with Gasteiger partial charge in [-0.2, -0.15) is 0 Å². The van der Waals surface area contributed by atoms with Gasteiger partial charge in [-0.05, 0) is 82.1 Å². The predicted octanol–water partition coefficient (Wildman–Crippen LogP) is 8.24. The Labute approximate surface area is 258 Å². The van der Waals surface area contributed by atoms with E-state index in [9.17, 15) is 4.79 Å². The molecule has 0 saturated heterocycles. The van der Waals surface area contributed by atoms with Crippen LogP contribution in [0.5, 0.6) is 11.5 Å². The van der Waals surface area contributed by atoms with Crippen molar-refractivity contribution in [1.82, 2.24) is 4.57 Å². The van der Waals surface area contributed by atoms with Crippen LogP contribution in [0.4, 0.5) is 10.5 Å². The number of hydrogen-bond donors (Lipinski definition) is 0. The monoisotopic (exact) mass is 607 g/mol. The predicted molar refractivity (Wildman–Crippen MR) is 178 cm³/mol. The Balaban J connectivity index is 1.79. The van der Waals surface area contributed by atoms with Crippen LogP contribution in [0.15, 0.2) is 41.4 Å². The molecule has 1 aliphatic rings. The van der Waals surface area contributed by atoms with E-state index in [0.717, 1.165) is 63.5 Å². The number of nitrogens with zero attached hydrogens (tertiary/aromatic N) is 3. The van der Waals surface area contributed by atoms with Crippen LogP contribution in [-0.2, 0) is 29.4 Å². The second kappa shape index (κ2) is 12.4. The van der Waals surface area contributed by atoms with Crippen LogP contribution in [0.3, 0.4) is 0 Å². The van der Waals surface area contributed by atoms with E-state index in [1.54, 1.807) is 19.1 Å². The molecule has 8 nitrogen and oxygen atoms in total. The number of carbonyl (C=O) groups excluding carboxylic acids is 1. The quantitative estimate of drug-likeness (QED) is 0.253. The molecule has 0 radical (unpaired) electrons. The smallest absolute Gasteiger partial charge is 0.414 e. The summed E-state index contributed by atoms with van der Waals surface area (Å²) in [6, 6.07) is 12.3. The topological polar surface area (TPSA) is 74.5 Å². The van der Waals surface area contributed by atoms with Crippen molar-refractivity contribution in [3.63, 3.8) is 0 Å². The third kappa shape index (κ3) is 7.26. The molecule has 0 aliphatic carbocycles. The molecule has 0 saturated carbocycles. The molecule has 9 heteroatoms. The van der Waals surface area contributed by atoms with Crippen molar-refractivity contribution in [2.45, 2.75) is 91.3 Å². The first-order chi connectivity index (χ1) is 20.0. The van der Waals surface area contributed by atoms with E-state index >= 15 is 0 Å². The van der Waals surface area contributed by atoms with Gasteiger partial charge in [0.15, 0.2) is 8.32 Å². The number of aryl methyl sites for hydroxylation is 1. The molecule has 1 aliphatic heterocycles. The summed E-state index contributed by atoms with van der Waals surface area (Å²) in [7, 11) is 3.44. The summed E-state index contributed by atoms with van der Waals surface area (Å²) in [4.78, 5) is 20.4. The van der Waals surface area contributed by atoms with E-state index in [1.807, 2.05) is 39.0 Å². The zero-order valence-corrected chi connectivity index (χ0v) is 28.9. The second-order valence-corrected chi connectivity index (χ2v) is 18.7. The van der Waals surface area contributed by atoms with Crippen LogP contribution < -0.4 is 14.4 Å². The Morgan fingerprint density at radius 3 is 2.35 bits per heavy atom. The zero-order valence-electron chi connectivity index (χ0n) is 27.9. The van der Waals surface area contributed by atoms with Crippen LogP contribution in [-0.4, -0.2) is 51.1 Å². The van der Waals surface area contributed by atoms with Crippen molar-refractivity contribution in [3.05, 3.63) is 53.2 Å². The first-order valence-corrected chi connectivity index (χ1v) is 18.0. The standard InChI is InChI=1S/C34H49N3O5Si/c1-33(2,3)42-32(38)37-16-12-13-28(35-21-23-14-15-26(39-8)19-31(23)40-9)27-18-24-17-25(36(7)29(24)20-30(27)37)22-41-43(10,11)34(4,5)6/h14-15,17-20H,12-13,16,21-22H2,1-11H3/b35-28-. The highest BCUT2D eigenvalue weighted by Gasteiger charge is 2.37. The number of methoxy groups -OCH3 is 2. The second-order valence-electron chi connectivity index (χ2n) is 13.8. The van der Waals surface area contributed by atoms with E-state index in [4.69, 9.17) is 23.6 Å². The van der Waals surface area contributed by atoms with Crippen molar-refractivity contribution in [1.29, 1.82) is 0 Å². The third-order valence-electron chi connectivity index (χ3n) is 8.59. The number of anilines is 1. The Bertz CT molecular complexity index is 1510. The maximum atomic E-state index is 13.5. The number of aromatic nitrogens is 1. The molecule has 0 unspecified atom stereocenters. The molecule has 234 valence electrons. The van der Waals surface area contributed by atoms with Gasteiger partial charge < -0.3 is 23.2 Å². The lowest BCUT2D eigenvalue weighted by molar-refractivity contribution is 0.0580. The third-order valence-corrected chi connectivity index (χ3v) is 13.1. The molecule has 2 aromatic carbocycles. The lowest BCUT2D eigenvalue weighted by atomic mass is 10.0. The molecule has 0 fully saturated rings. The Kier molecular flexibility index (Phi) is 9.37. The summed E-state index contributed by atoms with van der Waals surface area (Å²) >= 11 is 0. The Morgan fingerprint density at radius 2 is 1.72 bits per heavy atom. The van der Waals surface area contributed by atoms with Crippen molar-refractivity contribution >= 4 is 36.7 Å². The minimum absolute atomic E-state index is 0.126. The van der Waals surface area contributed by atoms with E-state index in [1.165, 1.54) is 0 Å². The van der Waals surface area contributed by atoms with Crippen LogP contribution in [0.25, 0.3) is 10.9 Å². The molecular formula is C34H49N3O5Si. The van der Waals surface area contributed by atoms with Gasteiger partial charge in [0.1, 0.15) is 17.1 Å². The number of hydrogen-bond acceptors (Lipinski definition) is 6. The first-order valence-electron chi connectivity index (χ1n) is 15.1. The largest absolute Gasteiger partial charge is 0.497 e. The Morgan fingerprint density at radius 1 is 1.00 bits per heavy atom. The van der Waals surface area contributed by atoms with E-state index in [0.29, 0.717) is 19.7 Å². The number of carbonyl (C=O) groups is 1. The van der Waals surface area contributed by atoms with Gasteiger partial charge in [0.05, 0.1) is 38.6 Å². The van der Waals surface area contributed by atoms with Gasteiger partial charge in [-0.3, -0.25) is 9.89 Å². The molecular weight excluding hydrogens is 558 g/mol. The van der Waals surface area contributed by atoms with Crippen LogP contribution in [0.2, 0.25) is 18.1 Å². The van der Waals surface area contributed by atoms with Gasteiger partial charge in [-0.15, -0.1) is 0 Å². The number of rotatable bonds is 7. The van der Waals surface area contributed by atoms with Gasteiger partial charge in [0, 0.05) is 47.6 Å². The number of amides is 1. The molecule has 0 atom stereocenters. The fraction of sp³-hybridized carbons (Fsp3) is 0.529. The summed E-state index contributed by atoms with van der Waals surface area (Å²) in [6.45, 7) is 18.5. The van der Waals surface area contributed by atoms with Gasteiger partial charge >= 0.3 is 6.09 Å². The molecule has 43 heavy (non-hydrogen) atoms. The normalized spacial score (nSPS) is 15.4. The van der Waals surface area contributed by atoms with Gasteiger partial charge in [0.2, 0.25) is 0 Å². The first kappa shape index (κ1) is 32.6. The lowest BCUT2D eigenvalue weighted by Gasteiger charge is -2.36. The Hall–Kier alpha value is -3.30. The molecule has 1 aromatic heterocycles. The molecule has 1 amide bonds. The van der Waals surface area contributed by atoms with E-state index in [2.05, 4.69) is 63.7 Å².